The first-order valence-electron chi connectivity index (χ1n) is 6.53. The summed E-state index contributed by atoms with van der Waals surface area (Å²) >= 11 is 5.99. The van der Waals surface area contributed by atoms with E-state index < -0.39 is 0 Å². The molecular formula is C13H24ClNO2. The molecule has 100 valence electrons. The largest absolute Gasteiger partial charge is 0.381 e. The fourth-order valence-corrected chi connectivity index (χ4v) is 2.27. The summed E-state index contributed by atoms with van der Waals surface area (Å²) in [6, 6.07) is 0. The number of alkyl halides is 1. The van der Waals surface area contributed by atoms with Crippen LogP contribution in [0.15, 0.2) is 0 Å². The van der Waals surface area contributed by atoms with Crippen molar-refractivity contribution < 1.29 is 9.53 Å². The van der Waals surface area contributed by atoms with Crippen molar-refractivity contribution in [3.63, 3.8) is 0 Å². The summed E-state index contributed by atoms with van der Waals surface area (Å²) in [6.07, 6.45) is 2.71. The fourth-order valence-electron chi connectivity index (χ4n) is 2.13. The maximum absolute atomic E-state index is 11.9. The van der Waals surface area contributed by atoms with Crippen LogP contribution in [-0.2, 0) is 9.53 Å². The number of nitrogens with zero attached hydrogens (tertiary/aromatic N) is 1. The molecule has 0 radical (unpaired) electrons. The molecular weight excluding hydrogens is 238 g/mol. The van der Waals surface area contributed by atoms with E-state index in [0.717, 1.165) is 39.1 Å². The number of hydrogen-bond acceptors (Lipinski definition) is 2. The van der Waals surface area contributed by atoms with Crippen LogP contribution in [0, 0.1) is 5.41 Å². The van der Waals surface area contributed by atoms with Gasteiger partial charge in [0.05, 0.1) is 6.61 Å². The minimum absolute atomic E-state index is 0.0904. The second kappa shape index (κ2) is 6.60. The molecule has 0 spiro atoms. The molecule has 1 saturated heterocycles. The molecule has 1 aliphatic heterocycles. The quantitative estimate of drug-likeness (QED) is 0.712. The molecule has 1 aliphatic rings. The number of amides is 1. The number of likely N-dealkylation sites (tertiary alicyclic amines) is 1. The first kappa shape index (κ1) is 14.8. The smallest absolute Gasteiger partial charge is 0.240 e. The second-order valence-electron chi connectivity index (χ2n) is 5.15. The first-order chi connectivity index (χ1) is 8.02. The van der Waals surface area contributed by atoms with Crippen LogP contribution in [0.4, 0.5) is 0 Å². The minimum Gasteiger partial charge on any atom is -0.381 e. The van der Waals surface area contributed by atoms with Crippen LogP contribution in [0.5, 0.6) is 0 Å². The van der Waals surface area contributed by atoms with Gasteiger partial charge in [0, 0.05) is 19.7 Å². The maximum atomic E-state index is 11.9. The van der Waals surface area contributed by atoms with Crippen LogP contribution >= 0.6 is 11.6 Å². The van der Waals surface area contributed by atoms with Crippen molar-refractivity contribution in [3.05, 3.63) is 0 Å². The van der Waals surface area contributed by atoms with E-state index in [0.29, 0.717) is 6.42 Å². The molecule has 3 nitrogen and oxygen atoms in total. The van der Waals surface area contributed by atoms with Crippen molar-refractivity contribution in [1.82, 2.24) is 4.90 Å². The second-order valence-corrected chi connectivity index (χ2v) is 5.68. The van der Waals surface area contributed by atoms with Crippen LogP contribution in [0.3, 0.4) is 0 Å². The summed E-state index contributed by atoms with van der Waals surface area (Å²) in [4.78, 5) is 13.8. The Hall–Kier alpha value is -0.280. The highest BCUT2D eigenvalue weighted by Crippen LogP contribution is 2.31. The molecule has 17 heavy (non-hydrogen) atoms. The zero-order valence-corrected chi connectivity index (χ0v) is 11.9. The molecule has 0 saturated carbocycles. The van der Waals surface area contributed by atoms with Gasteiger partial charge >= 0.3 is 0 Å². The standard InChI is InChI=1S/C13H24ClNO2/c1-4-11(14)12(16)15-8-6-13(3,7-9-15)10-17-5-2/h11H,4-10H2,1-3H3. The minimum atomic E-state index is -0.355. The SMILES string of the molecule is CCOCC1(C)CCN(C(=O)C(Cl)CC)CC1. The number of halogens is 1. The molecule has 1 amide bonds. The van der Waals surface area contributed by atoms with E-state index in [1.165, 1.54) is 0 Å². The van der Waals surface area contributed by atoms with E-state index in [1.54, 1.807) is 0 Å². The van der Waals surface area contributed by atoms with Gasteiger partial charge in [-0.05, 0) is 31.6 Å². The van der Waals surface area contributed by atoms with Gasteiger partial charge in [-0.1, -0.05) is 13.8 Å². The highest BCUT2D eigenvalue weighted by atomic mass is 35.5. The van der Waals surface area contributed by atoms with Crippen LogP contribution in [0.1, 0.15) is 40.0 Å². The monoisotopic (exact) mass is 261 g/mol. The van der Waals surface area contributed by atoms with E-state index in [4.69, 9.17) is 16.3 Å². The van der Waals surface area contributed by atoms with Crippen molar-refractivity contribution in [3.8, 4) is 0 Å². The van der Waals surface area contributed by atoms with Crippen LogP contribution in [0.25, 0.3) is 0 Å². The Kier molecular flexibility index (Phi) is 5.74. The summed E-state index contributed by atoms with van der Waals surface area (Å²) in [6.45, 7) is 9.38. The molecule has 0 bridgehead atoms. The van der Waals surface area contributed by atoms with E-state index in [9.17, 15) is 4.79 Å². The van der Waals surface area contributed by atoms with Gasteiger partial charge in [-0.25, -0.2) is 0 Å². The van der Waals surface area contributed by atoms with E-state index in [2.05, 4.69) is 6.92 Å². The Balaban J connectivity index is 2.42. The predicted molar refractivity (Wildman–Crippen MR) is 70.3 cm³/mol. The lowest BCUT2D eigenvalue weighted by Crippen LogP contribution is -2.46. The van der Waals surface area contributed by atoms with Crippen molar-refractivity contribution in [1.29, 1.82) is 0 Å². The van der Waals surface area contributed by atoms with E-state index >= 15 is 0 Å². The molecule has 1 unspecified atom stereocenters. The third-order valence-electron chi connectivity index (χ3n) is 3.56. The summed E-state index contributed by atoms with van der Waals surface area (Å²) in [7, 11) is 0. The summed E-state index contributed by atoms with van der Waals surface area (Å²) in [5.74, 6) is 0.0904. The van der Waals surface area contributed by atoms with E-state index in [1.807, 2.05) is 18.7 Å². The number of hydrogen-bond donors (Lipinski definition) is 0. The van der Waals surface area contributed by atoms with Crippen molar-refractivity contribution in [2.24, 2.45) is 5.41 Å². The van der Waals surface area contributed by atoms with Gasteiger partial charge in [-0.3, -0.25) is 4.79 Å². The molecule has 1 atom stereocenters. The molecule has 1 heterocycles. The van der Waals surface area contributed by atoms with Gasteiger partial charge in [0.2, 0.25) is 5.91 Å². The van der Waals surface area contributed by atoms with Gasteiger partial charge in [-0.2, -0.15) is 0 Å². The number of carbonyl (C=O) groups excluding carboxylic acids is 1. The molecule has 1 rings (SSSR count). The lowest BCUT2D eigenvalue weighted by Gasteiger charge is -2.39. The number of carbonyl (C=O) groups is 1. The number of ether oxygens (including phenoxy) is 1. The average molecular weight is 262 g/mol. The zero-order chi connectivity index (χ0) is 12.9. The van der Waals surface area contributed by atoms with Crippen LogP contribution < -0.4 is 0 Å². The Morgan fingerprint density at radius 2 is 2.00 bits per heavy atom. The lowest BCUT2D eigenvalue weighted by atomic mass is 9.81. The Morgan fingerprint density at radius 3 is 2.47 bits per heavy atom. The van der Waals surface area contributed by atoms with Gasteiger partial charge in [-0.15, -0.1) is 11.6 Å². The number of rotatable bonds is 5. The molecule has 1 fully saturated rings. The third-order valence-corrected chi connectivity index (χ3v) is 4.06. The maximum Gasteiger partial charge on any atom is 0.240 e. The zero-order valence-electron chi connectivity index (χ0n) is 11.2. The van der Waals surface area contributed by atoms with Crippen LogP contribution in [0.2, 0.25) is 0 Å². The van der Waals surface area contributed by atoms with Gasteiger partial charge in [0.15, 0.2) is 0 Å². The Morgan fingerprint density at radius 1 is 1.41 bits per heavy atom. The summed E-state index contributed by atoms with van der Waals surface area (Å²) in [5.41, 5.74) is 0.223. The molecule has 0 N–H and O–H groups in total. The first-order valence-corrected chi connectivity index (χ1v) is 6.96. The Labute approximate surface area is 109 Å². The molecule has 0 aromatic rings. The highest BCUT2D eigenvalue weighted by molar-refractivity contribution is 6.30. The molecule has 0 aromatic carbocycles. The van der Waals surface area contributed by atoms with Crippen molar-refractivity contribution >= 4 is 17.5 Å². The third kappa shape index (κ3) is 4.14. The fraction of sp³-hybridized carbons (Fsp3) is 0.923. The normalized spacial score (nSPS) is 21.3. The number of piperidine rings is 1. The van der Waals surface area contributed by atoms with Gasteiger partial charge < -0.3 is 9.64 Å². The topological polar surface area (TPSA) is 29.5 Å². The summed E-state index contributed by atoms with van der Waals surface area (Å²) < 4.78 is 5.51. The van der Waals surface area contributed by atoms with Gasteiger partial charge in [0.1, 0.15) is 5.38 Å². The molecule has 0 aliphatic carbocycles. The van der Waals surface area contributed by atoms with E-state index in [-0.39, 0.29) is 16.7 Å². The van der Waals surface area contributed by atoms with Crippen molar-refractivity contribution in [2.45, 2.75) is 45.4 Å². The molecule has 0 aromatic heterocycles. The average Bonchev–Trinajstić information content (AvgIpc) is 2.35. The highest BCUT2D eigenvalue weighted by Gasteiger charge is 2.33. The van der Waals surface area contributed by atoms with Crippen molar-refractivity contribution in [2.75, 3.05) is 26.3 Å². The summed E-state index contributed by atoms with van der Waals surface area (Å²) in [5, 5.41) is -0.355. The molecule has 4 heteroatoms. The Bertz CT molecular complexity index is 250. The van der Waals surface area contributed by atoms with Gasteiger partial charge in [0.25, 0.3) is 0 Å². The lowest BCUT2D eigenvalue weighted by molar-refractivity contribution is -0.133. The van der Waals surface area contributed by atoms with Crippen LogP contribution in [-0.4, -0.2) is 42.5 Å². The predicted octanol–water partition coefficient (Wildman–Crippen LogP) is 2.67.